The van der Waals surface area contributed by atoms with E-state index in [0.29, 0.717) is 29.2 Å². The van der Waals surface area contributed by atoms with Gasteiger partial charge in [0.15, 0.2) is 11.7 Å². The Morgan fingerprint density at radius 2 is 2.10 bits per heavy atom. The summed E-state index contributed by atoms with van der Waals surface area (Å²) in [6, 6.07) is 5.73. The minimum atomic E-state index is 0.0165. The first kappa shape index (κ1) is 19.0. The Morgan fingerprint density at radius 1 is 1.26 bits per heavy atom. The molecule has 31 heavy (non-hydrogen) atoms. The smallest absolute Gasteiger partial charge is 0.244 e. The Morgan fingerprint density at radius 3 is 2.90 bits per heavy atom. The minimum Gasteiger partial charge on any atom is -0.494 e. The molecule has 0 spiro atoms. The molecule has 4 aromatic heterocycles. The van der Waals surface area contributed by atoms with E-state index in [4.69, 9.17) is 0 Å². The van der Waals surface area contributed by atoms with E-state index in [1.165, 1.54) is 0 Å². The van der Waals surface area contributed by atoms with Crippen molar-refractivity contribution in [2.75, 3.05) is 7.05 Å². The largest absolute Gasteiger partial charge is 0.494 e. The van der Waals surface area contributed by atoms with E-state index in [9.17, 15) is 9.90 Å². The number of aliphatic imine (C=N–C) groups is 1. The summed E-state index contributed by atoms with van der Waals surface area (Å²) in [5.41, 5.74) is 5.61. The Hall–Kier alpha value is -4.01. The number of fused-ring (bicyclic) bond motifs is 2. The standard InChI is InChI=1S/C22H21N7O2/c1-12-4-5-23-8-16(12)17-7-15-18(9-24-17)26-22(31)21(15)13(2)25-19-6-14-10-28(3)20(30)11-29(14)27-19/h4-9,26,31H,10-11H2,1-3H3. The van der Waals surface area contributed by atoms with Gasteiger partial charge in [0, 0.05) is 36.5 Å². The van der Waals surface area contributed by atoms with Crippen LogP contribution in [-0.2, 0) is 17.9 Å². The predicted molar refractivity (Wildman–Crippen MR) is 116 cm³/mol. The molecule has 0 bridgehead atoms. The number of likely N-dealkylation sites (N-methyl/N-ethyl adjacent to an activating group) is 1. The van der Waals surface area contributed by atoms with Gasteiger partial charge in [0.2, 0.25) is 5.91 Å². The van der Waals surface area contributed by atoms with Crippen LogP contribution in [0.5, 0.6) is 5.88 Å². The van der Waals surface area contributed by atoms with Crippen LogP contribution in [-0.4, -0.2) is 53.4 Å². The zero-order valence-electron chi connectivity index (χ0n) is 17.4. The highest BCUT2D eigenvalue weighted by molar-refractivity contribution is 6.13. The van der Waals surface area contributed by atoms with Crippen molar-refractivity contribution in [3.8, 4) is 17.1 Å². The number of amides is 1. The van der Waals surface area contributed by atoms with Crippen LogP contribution >= 0.6 is 0 Å². The molecule has 9 heteroatoms. The van der Waals surface area contributed by atoms with Gasteiger partial charge in [0.05, 0.1) is 40.9 Å². The zero-order valence-corrected chi connectivity index (χ0v) is 17.4. The third-order valence-corrected chi connectivity index (χ3v) is 5.58. The third-order valence-electron chi connectivity index (χ3n) is 5.58. The van der Waals surface area contributed by atoms with E-state index in [2.05, 4.69) is 25.0 Å². The van der Waals surface area contributed by atoms with E-state index >= 15 is 0 Å². The second-order valence-corrected chi connectivity index (χ2v) is 7.75. The molecule has 5 heterocycles. The van der Waals surface area contributed by atoms with E-state index in [-0.39, 0.29) is 18.3 Å². The summed E-state index contributed by atoms with van der Waals surface area (Å²) in [6.45, 7) is 4.54. The molecule has 5 rings (SSSR count). The average molecular weight is 415 g/mol. The van der Waals surface area contributed by atoms with Crippen LogP contribution in [0.3, 0.4) is 0 Å². The van der Waals surface area contributed by atoms with Crippen LogP contribution in [0.25, 0.3) is 22.2 Å². The van der Waals surface area contributed by atoms with Gasteiger partial charge in [-0.2, -0.15) is 5.10 Å². The van der Waals surface area contributed by atoms with Crippen molar-refractivity contribution in [3.63, 3.8) is 0 Å². The van der Waals surface area contributed by atoms with Gasteiger partial charge in [0.1, 0.15) is 6.54 Å². The molecule has 2 N–H and O–H groups in total. The third kappa shape index (κ3) is 3.24. The van der Waals surface area contributed by atoms with E-state index < -0.39 is 0 Å². The van der Waals surface area contributed by atoms with Gasteiger partial charge in [-0.25, -0.2) is 4.99 Å². The van der Waals surface area contributed by atoms with Gasteiger partial charge in [0.25, 0.3) is 0 Å². The lowest BCUT2D eigenvalue weighted by molar-refractivity contribution is -0.132. The van der Waals surface area contributed by atoms with Crippen LogP contribution in [0.15, 0.2) is 41.8 Å². The lowest BCUT2D eigenvalue weighted by atomic mass is 10.0. The molecule has 0 radical (unpaired) electrons. The summed E-state index contributed by atoms with van der Waals surface area (Å²) in [4.78, 5) is 29.9. The number of carbonyl (C=O) groups excluding carboxylic acids is 1. The number of hydrogen-bond acceptors (Lipinski definition) is 6. The first-order valence-electron chi connectivity index (χ1n) is 9.88. The van der Waals surface area contributed by atoms with Crippen LogP contribution in [0.1, 0.15) is 23.7 Å². The molecule has 0 saturated heterocycles. The number of nitrogens with one attached hydrogen (secondary N) is 1. The summed E-state index contributed by atoms with van der Waals surface area (Å²) in [7, 11) is 1.77. The van der Waals surface area contributed by atoms with Crippen molar-refractivity contribution in [3.05, 3.63) is 53.6 Å². The molecular weight excluding hydrogens is 394 g/mol. The zero-order chi connectivity index (χ0) is 21.7. The first-order chi connectivity index (χ1) is 14.9. The van der Waals surface area contributed by atoms with Crippen molar-refractivity contribution in [1.82, 2.24) is 29.6 Å². The van der Waals surface area contributed by atoms with E-state index in [1.807, 2.05) is 32.0 Å². The summed E-state index contributed by atoms with van der Waals surface area (Å²) in [6.07, 6.45) is 5.23. The maximum atomic E-state index is 11.9. The molecule has 0 aliphatic carbocycles. The molecule has 0 fully saturated rings. The Kier molecular flexibility index (Phi) is 4.32. The molecule has 1 aliphatic rings. The number of rotatable bonds is 3. The maximum absolute atomic E-state index is 11.9. The number of aryl methyl sites for hydroxylation is 1. The molecule has 156 valence electrons. The van der Waals surface area contributed by atoms with Crippen LogP contribution in [0, 0.1) is 6.92 Å². The number of aromatic amines is 1. The average Bonchev–Trinajstić information content (AvgIpc) is 3.26. The first-order valence-corrected chi connectivity index (χ1v) is 9.88. The summed E-state index contributed by atoms with van der Waals surface area (Å²) in [5.74, 6) is 0.543. The number of carbonyl (C=O) groups is 1. The normalized spacial score (nSPS) is 14.4. The molecule has 1 aliphatic heterocycles. The Balaban J connectivity index is 1.57. The number of aromatic nitrogens is 5. The monoisotopic (exact) mass is 415 g/mol. The second kappa shape index (κ2) is 7.05. The van der Waals surface area contributed by atoms with Gasteiger partial charge < -0.3 is 15.0 Å². The fourth-order valence-corrected chi connectivity index (χ4v) is 3.89. The molecule has 0 unspecified atom stereocenters. The number of nitrogens with zero attached hydrogens (tertiary/aromatic N) is 6. The lowest BCUT2D eigenvalue weighted by Gasteiger charge is -2.22. The van der Waals surface area contributed by atoms with E-state index in [0.717, 1.165) is 27.9 Å². The van der Waals surface area contributed by atoms with Crippen LogP contribution in [0.2, 0.25) is 0 Å². The molecule has 0 atom stereocenters. The van der Waals surface area contributed by atoms with Gasteiger partial charge in [-0.3, -0.25) is 19.4 Å². The van der Waals surface area contributed by atoms with Gasteiger partial charge in [-0.05, 0) is 31.5 Å². The van der Waals surface area contributed by atoms with Gasteiger partial charge in [-0.15, -0.1) is 0 Å². The highest BCUT2D eigenvalue weighted by atomic mass is 16.3. The molecule has 4 aromatic rings. The van der Waals surface area contributed by atoms with Crippen molar-refractivity contribution in [2.24, 2.45) is 4.99 Å². The quantitative estimate of drug-likeness (QED) is 0.500. The Bertz CT molecular complexity index is 1370. The number of aromatic hydroxyl groups is 1. The molecular formula is C22H21N7O2. The second-order valence-electron chi connectivity index (χ2n) is 7.75. The van der Waals surface area contributed by atoms with Crippen molar-refractivity contribution in [1.29, 1.82) is 0 Å². The van der Waals surface area contributed by atoms with Crippen LogP contribution in [0.4, 0.5) is 5.82 Å². The summed E-state index contributed by atoms with van der Waals surface area (Å²) >= 11 is 0. The van der Waals surface area contributed by atoms with Crippen LogP contribution < -0.4 is 0 Å². The lowest BCUT2D eigenvalue weighted by Crippen LogP contribution is -2.36. The fourth-order valence-electron chi connectivity index (χ4n) is 3.89. The van der Waals surface area contributed by atoms with Crippen molar-refractivity contribution in [2.45, 2.75) is 26.9 Å². The number of H-pyrrole nitrogens is 1. The number of pyridine rings is 2. The number of hydrogen-bond donors (Lipinski definition) is 2. The highest BCUT2D eigenvalue weighted by Crippen LogP contribution is 2.32. The SMILES string of the molecule is CC(=Nc1cc2n(n1)CC(=O)N(C)C2)c1c(O)[nH]c2cnc(-c3cnccc3C)cc12. The molecule has 0 saturated carbocycles. The summed E-state index contributed by atoms with van der Waals surface area (Å²) < 4.78 is 1.68. The topological polar surface area (TPSA) is 112 Å². The Labute approximate surface area is 178 Å². The molecule has 9 nitrogen and oxygen atoms in total. The fraction of sp³-hybridized carbons (Fsp3) is 0.227. The van der Waals surface area contributed by atoms with E-state index in [1.54, 1.807) is 35.2 Å². The minimum absolute atomic E-state index is 0.0165. The van der Waals surface area contributed by atoms with Gasteiger partial charge in [-0.1, -0.05) is 0 Å². The highest BCUT2D eigenvalue weighted by Gasteiger charge is 2.22. The van der Waals surface area contributed by atoms with Gasteiger partial charge >= 0.3 is 0 Å². The van der Waals surface area contributed by atoms with Crippen molar-refractivity contribution >= 4 is 28.3 Å². The molecule has 0 aromatic carbocycles. The maximum Gasteiger partial charge on any atom is 0.244 e. The van der Waals surface area contributed by atoms with Crippen molar-refractivity contribution < 1.29 is 9.90 Å². The predicted octanol–water partition coefficient (Wildman–Crippen LogP) is 2.95. The molecule has 1 amide bonds. The summed E-state index contributed by atoms with van der Waals surface area (Å²) in [5, 5.41) is 15.8.